The fourth-order valence-electron chi connectivity index (χ4n) is 3.73. The van der Waals surface area contributed by atoms with E-state index in [4.69, 9.17) is 4.74 Å². The van der Waals surface area contributed by atoms with Crippen LogP contribution in [0.4, 0.5) is 0 Å². The highest BCUT2D eigenvalue weighted by molar-refractivity contribution is 4.76. The van der Waals surface area contributed by atoms with Gasteiger partial charge in [-0.25, -0.2) is 0 Å². The van der Waals surface area contributed by atoms with Crippen LogP contribution < -0.4 is 5.32 Å². The molecule has 0 spiro atoms. The van der Waals surface area contributed by atoms with Crippen LogP contribution >= 0.6 is 0 Å². The topological polar surface area (TPSA) is 24.5 Å². The number of nitrogens with zero attached hydrogens (tertiary/aromatic N) is 1. The second-order valence-electron chi connectivity index (χ2n) is 7.21. The number of rotatable bonds is 6. The first-order chi connectivity index (χ1) is 9.65. The predicted molar refractivity (Wildman–Crippen MR) is 85.1 cm³/mol. The van der Waals surface area contributed by atoms with Gasteiger partial charge in [0.2, 0.25) is 0 Å². The molecule has 0 aromatic carbocycles. The van der Waals surface area contributed by atoms with Crippen molar-refractivity contribution in [3.05, 3.63) is 0 Å². The Hall–Kier alpha value is -0.120. The van der Waals surface area contributed by atoms with Crippen LogP contribution in [-0.4, -0.2) is 49.8 Å². The van der Waals surface area contributed by atoms with E-state index in [9.17, 15) is 0 Å². The van der Waals surface area contributed by atoms with Crippen LogP contribution in [0.1, 0.15) is 52.9 Å². The van der Waals surface area contributed by atoms with E-state index >= 15 is 0 Å². The number of hydrogen-bond acceptors (Lipinski definition) is 3. The highest BCUT2D eigenvalue weighted by atomic mass is 16.5. The summed E-state index contributed by atoms with van der Waals surface area (Å²) in [6.07, 6.45) is 7.53. The molecule has 2 rings (SSSR count). The summed E-state index contributed by atoms with van der Waals surface area (Å²) >= 11 is 0. The lowest BCUT2D eigenvalue weighted by Gasteiger charge is -2.35. The van der Waals surface area contributed by atoms with Gasteiger partial charge >= 0.3 is 0 Å². The second-order valence-corrected chi connectivity index (χ2v) is 7.21. The molecule has 3 atom stereocenters. The molecule has 118 valence electrons. The van der Waals surface area contributed by atoms with Crippen molar-refractivity contribution in [3.63, 3.8) is 0 Å². The van der Waals surface area contributed by atoms with Crippen LogP contribution in [0.25, 0.3) is 0 Å². The summed E-state index contributed by atoms with van der Waals surface area (Å²) in [7, 11) is 0. The predicted octanol–water partition coefficient (Wildman–Crippen LogP) is 2.90. The summed E-state index contributed by atoms with van der Waals surface area (Å²) in [5.74, 6) is 1.92. The van der Waals surface area contributed by atoms with Gasteiger partial charge in [0.05, 0.1) is 12.7 Å². The molecule has 3 heteroatoms. The first kappa shape index (κ1) is 16.3. The summed E-state index contributed by atoms with van der Waals surface area (Å²) in [4.78, 5) is 2.53. The van der Waals surface area contributed by atoms with E-state index in [1.54, 1.807) is 0 Å². The Balaban J connectivity index is 1.56. The van der Waals surface area contributed by atoms with E-state index in [1.807, 2.05) is 0 Å². The zero-order valence-electron chi connectivity index (χ0n) is 13.7. The summed E-state index contributed by atoms with van der Waals surface area (Å²) in [6, 6.07) is 0.644. The lowest BCUT2D eigenvalue weighted by atomic mass is 9.81. The molecule has 1 heterocycles. The van der Waals surface area contributed by atoms with Gasteiger partial charge in [-0.15, -0.1) is 0 Å². The molecule has 1 aliphatic carbocycles. The zero-order valence-corrected chi connectivity index (χ0v) is 13.7. The Bertz CT molecular complexity index is 270. The van der Waals surface area contributed by atoms with Crippen LogP contribution in [0.15, 0.2) is 0 Å². The van der Waals surface area contributed by atoms with Crippen LogP contribution in [0.2, 0.25) is 0 Å². The van der Waals surface area contributed by atoms with Crippen molar-refractivity contribution in [3.8, 4) is 0 Å². The van der Waals surface area contributed by atoms with Gasteiger partial charge in [0.15, 0.2) is 0 Å². The average molecular weight is 282 g/mol. The lowest BCUT2D eigenvalue weighted by molar-refractivity contribution is -0.0371. The van der Waals surface area contributed by atoms with E-state index in [-0.39, 0.29) is 0 Å². The zero-order chi connectivity index (χ0) is 14.4. The number of hydrogen-bond donors (Lipinski definition) is 1. The smallest absolute Gasteiger partial charge is 0.0826 e. The molecule has 1 aliphatic heterocycles. The van der Waals surface area contributed by atoms with E-state index in [1.165, 1.54) is 38.6 Å². The van der Waals surface area contributed by atoms with Gasteiger partial charge in [-0.2, -0.15) is 0 Å². The maximum atomic E-state index is 5.86. The van der Waals surface area contributed by atoms with Gasteiger partial charge in [-0.05, 0) is 45.1 Å². The minimum absolute atomic E-state index is 0.386. The Labute approximate surface area is 125 Å². The summed E-state index contributed by atoms with van der Waals surface area (Å²) in [6.45, 7) is 12.2. The van der Waals surface area contributed by atoms with Crippen molar-refractivity contribution in [2.75, 3.05) is 32.8 Å². The molecule has 3 nitrogen and oxygen atoms in total. The first-order valence-electron chi connectivity index (χ1n) is 8.71. The van der Waals surface area contributed by atoms with Crippen molar-refractivity contribution in [1.82, 2.24) is 10.2 Å². The molecular formula is C17H34N2O. The first-order valence-corrected chi connectivity index (χ1v) is 8.71. The molecule has 1 saturated heterocycles. The molecular weight excluding hydrogens is 248 g/mol. The van der Waals surface area contributed by atoms with Gasteiger partial charge in [-0.1, -0.05) is 26.2 Å². The number of ether oxygens (including phenoxy) is 1. The number of nitrogens with one attached hydrogen (secondary N) is 1. The largest absolute Gasteiger partial charge is 0.374 e. The van der Waals surface area contributed by atoms with Crippen molar-refractivity contribution in [2.24, 2.45) is 11.8 Å². The van der Waals surface area contributed by atoms with Crippen molar-refractivity contribution < 1.29 is 4.74 Å². The molecule has 0 aromatic heterocycles. The second kappa shape index (κ2) is 8.35. The third-order valence-corrected chi connectivity index (χ3v) is 5.05. The molecule has 0 bridgehead atoms. The van der Waals surface area contributed by atoms with E-state index < -0.39 is 0 Å². The molecule has 0 amide bonds. The van der Waals surface area contributed by atoms with Crippen molar-refractivity contribution >= 4 is 0 Å². The minimum Gasteiger partial charge on any atom is -0.374 e. The maximum absolute atomic E-state index is 5.86. The fraction of sp³-hybridized carbons (Fsp3) is 1.00. The average Bonchev–Trinajstić information content (AvgIpc) is 2.44. The summed E-state index contributed by atoms with van der Waals surface area (Å²) < 4.78 is 5.86. The van der Waals surface area contributed by atoms with Crippen LogP contribution in [-0.2, 0) is 4.74 Å². The fourth-order valence-corrected chi connectivity index (χ4v) is 3.73. The highest BCUT2D eigenvalue weighted by Crippen LogP contribution is 2.30. The van der Waals surface area contributed by atoms with Gasteiger partial charge in [-0.3, -0.25) is 4.90 Å². The normalized spacial score (nSPS) is 32.7. The molecule has 1 saturated carbocycles. The third-order valence-electron chi connectivity index (χ3n) is 5.05. The Morgan fingerprint density at radius 3 is 2.90 bits per heavy atom. The molecule has 3 unspecified atom stereocenters. The summed E-state index contributed by atoms with van der Waals surface area (Å²) in [5, 5.41) is 3.63. The van der Waals surface area contributed by atoms with Gasteiger partial charge in [0.1, 0.15) is 0 Å². The number of morpholine rings is 1. The maximum Gasteiger partial charge on any atom is 0.0826 e. The molecule has 2 fully saturated rings. The minimum atomic E-state index is 0.386. The SMILES string of the molecule is CC1CCCC(CCNCC2CN(C(C)C)CCO2)C1. The van der Waals surface area contributed by atoms with Crippen LogP contribution in [0, 0.1) is 11.8 Å². The Kier molecular flexibility index (Phi) is 6.79. The van der Waals surface area contributed by atoms with Crippen molar-refractivity contribution in [1.29, 1.82) is 0 Å². The third kappa shape index (κ3) is 5.34. The highest BCUT2D eigenvalue weighted by Gasteiger charge is 2.22. The van der Waals surface area contributed by atoms with E-state index in [2.05, 4.69) is 31.0 Å². The molecule has 0 radical (unpaired) electrons. The molecule has 2 aliphatic rings. The van der Waals surface area contributed by atoms with Gasteiger partial charge in [0, 0.05) is 25.7 Å². The molecule has 20 heavy (non-hydrogen) atoms. The van der Waals surface area contributed by atoms with Crippen LogP contribution in [0.3, 0.4) is 0 Å². The Morgan fingerprint density at radius 2 is 2.15 bits per heavy atom. The van der Waals surface area contributed by atoms with Crippen molar-refractivity contribution in [2.45, 2.75) is 65.0 Å². The summed E-state index contributed by atoms with van der Waals surface area (Å²) in [5.41, 5.74) is 0. The quantitative estimate of drug-likeness (QED) is 0.758. The van der Waals surface area contributed by atoms with Gasteiger partial charge < -0.3 is 10.1 Å². The lowest BCUT2D eigenvalue weighted by Crippen LogP contribution is -2.49. The Morgan fingerprint density at radius 1 is 1.30 bits per heavy atom. The van der Waals surface area contributed by atoms with Gasteiger partial charge in [0.25, 0.3) is 0 Å². The van der Waals surface area contributed by atoms with Crippen LogP contribution in [0.5, 0.6) is 0 Å². The monoisotopic (exact) mass is 282 g/mol. The van der Waals surface area contributed by atoms with E-state index in [0.717, 1.165) is 38.1 Å². The molecule has 0 aromatic rings. The van der Waals surface area contributed by atoms with E-state index in [0.29, 0.717) is 12.1 Å². The molecule has 1 N–H and O–H groups in total. The standard InChI is InChI=1S/C17H34N2O/c1-14(2)19-9-10-20-17(13-19)12-18-8-7-16-6-4-5-15(3)11-16/h14-18H,4-13H2,1-3H3.